The number of pyridine rings is 1. The van der Waals surface area contributed by atoms with Crippen LogP contribution in [0.4, 0.5) is 0 Å². The minimum atomic E-state index is 1.06. The van der Waals surface area contributed by atoms with E-state index in [-0.39, 0.29) is 0 Å². The molecule has 0 saturated carbocycles. The third kappa shape index (κ3) is 2.93. The van der Waals surface area contributed by atoms with Crippen molar-refractivity contribution in [3.8, 4) is 0 Å². The van der Waals surface area contributed by atoms with Crippen molar-refractivity contribution in [1.82, 2.24) is 4.90 Å². The Labute approximate surface area is 103 Å². The van der Waals surface area contributed by atoms with Crippen LogP contribution in [0.2, 0.25) is 0 Å². The average Bonchev–Trinajstić information content (AvgIpc) is 2.39. The zero-order valence-electron chi connectivity index (χ0n) is 11.1. The van der Waals surface area contributed by atoms with Crippen LogP contribution in [0.3, 0.4) is 0 Å². The molecule has 0 saturated heterocycles. The highest BCUT2D eigenvalue weighted by atomic mass is 15.1. The van der Waals surface area contributed by atoms with Crippen LogP contribution in [0.1, 0.15) is 11.1 Å². The van der Waals surface area contributed by atoms with Crippen molar-refractivity contribution >= 4 is 11.9 Å². The molecule has 0 fully saturated rings. The molecule has 0 spiro atoms. The lowest BCUT2D eigenvalue weighted by molar-refractivity contribution is -0.581. The lowest BCUT2D eigenvalue weighted by Gasteiger charge is -2.08. The molecule has 17 heavy (non-hydrogen) atoms. The molecule has 0 bridgehead atoms. The molecule has 1 aromatic rings. The van der Waals surface area contributed by atoms with E-state index in [2.05, 4.69) is 72.9 Å². The molecule has 0 aliphatic carbocycles. The summed E-state index contributed by atoms with van der Waals surface area (Å²) in [5.74, 6) is 0. The van der Waals surface area contributed by atoms with Gasteiger partial charge in [-0.05, 0) is 19.9 Å². The highest BCUT2D eigenvalue weighted by Gasteiger charge is 2.17. The molecule has 0 radical (unpaired) electrons. The van der Waals surface area contributed by atoms with Gasteiger partial charge < -0.3 is 4.90 Å². The molecular weight excluding hydrogens is 210 g/mol. The largest absolute Gasteiger partial charge is 0.369 e. The van der Waals surface area contributed by atoms with E-state index in [1.807, 2.05) is 0 Å². The molecular formula is C14H21N3+2. The monoisotopic (exact) mass is 231 g/mol. The number of likely N-dealkylation sites (N-methyl/N-ethyl adjacent to an activating group) is 2. The van der Waals surface area contributed by atoms with Crippen molar-refractivity contribution in [2.24, 2.45) is 0 Å². The van der Waals surface area contributed by atoms with Gasteiger partial charge in [-0.15, -0.1) is 0 Å². The first-order valence-electron chi connectivity index (χ1n) is 6.02. The molecule has 3 nitrogen and oxygen atoms in total. The van der Waals surface area contributed by atoms with Gasteiger partial charge >= 0.3 is 0 Å². The second-order valence-corrected chi connectivity index (χ2v) is 4.94. The van der Waals surface area contributed by atoms with Gasteiger partial charge in [0.05, 0.1) is 12.7 Å². The van der Waals surface area contributed by atoms with Gasteiger partial charge in [-0.1, -0.05) is 0 Å². The summed E-state index contributed by atoms with van der Waals surface area (Å²) in [5, 5.41) is 0. The average molecular weight is 231 g/mol. The van der Waals surface area contributed by atoms with Crippen LogP contribution in [-0.2, 0) is 0 Å². The molecule has 2 heterocycles. The van der Waals surface area contributed by atoms with E-state index in [1.54, 1.807) is 0 Å². The van der Waals surface area contributed by atoms with Crippen molar-refractivity contribution in [3.63, 3.8) is 0 Å². The van der Waals surface area contributed by atoms with Crippen LogP contribution in [-0.4, -0.2) is 42.9 Å². The Morgan fingerprint density at radius 3 is 2.47 bits per heavy atom. The maximum absolute atomic E-state index is 2.24. The van der Waals surface area contributed by atoms with E-state index in [9.17, 15) is 0 Å². The zero-order chi connectivity index (χ0) is 12.4. The summed E-state index contributed by atoms with van der Waals surface area (Å²) in [5.41, 5.74) is 3.78. The van der Waals surface area contributed by atoms with Crippen LogP contribution >= 0.6 is 0 Å². The molecule has 0 N–H and O–H groups in total. The maximum atomic E-state index is 2.24. The molecule has 1 aromatic heterocycles. The molecule has 1 aliphatic rings. The van der Waals surface area contributed by atoms with Crippen LogP contribution in [0, 0.1) is 13.8 Å². The van der Waals surface area contributed by atoms with Crippen molar-refractivity contribution in [1.29, 1.82) is 0 Å². The normalized spacial score (nSPS) is 16.4. The van der Waals surface area contributed by atoms with E-state index < -0.39 is 0 Å². The van der Waals surface area contributed by atoms with Crippen molar-refractivity contribution < 1.29 is 9.14 Å². The lowest BCUT2D eigenvalue weighted by Crippen LogP contribution is -2.35. The Morgan fingerprint density at radius 1 is 1.18 bits per heavy atom. The van der Waals surface area contributed by atoms with Crippen molar-refractivity contribution in [3.05, 3.63) is 35.8 Å². The molecule has 0 aromatic carbocycles. The number of rotatable bonds is 1. The first kappa shape index (κ1) is 11.8. The van der Waals surface area contributed by atoms with Gasteiger partial charge in [-0.2, -0.15) is 4.57 Å². The summed E-state index contributed by atoms with van der Waals surface area (Å²) >= 11 is 0. The third-order valence-electron chi connectivity index (χ3n) is 2.95. The van der Waals surface area contributed by atoms with Gasteiger partial charge in [0, 0.05) is 18.2 Å². The fourth-order valence-corrected chi connectivity index (χ4v) is 2.12. The maximum Gasteiger partial charge on any atom is 0.290 e. The summed E-state index contributed by atoms with van der Waals surface area (Å²) in [4.78, 5) is 2.24. The highest BCUT2D eigenvalue weighted by Crippen LogP contribution is 2.02. The summed E-state index contributed by atoms with van der Waals surface area (Å²) in [6, 6.07) is 2.20. The number of aryl methyl sites for hydroxylation is 2. The van der Waals surface area contributed by atoms with Gasteiger partial charge in [0.15, 0.2) is 18.9 Å². The lowest BCUT2D eigenvalue weighted by atomic mass is 10.2. The molecule has 3 heteroatoms. The van der Waals surface area contributed by atoms with E-state index >= 15 is 0 Å². The number of nitrogens with zero attached hydrogens (tertiary/aromatic N) is 3. The van der Waals surface area contributed by atoms with E-state index in [0.29, 0.717) is 0 Å². The molecule has 1 aliphatic heterocycles. The van der Waals surface area contributed by atoms with Crippen LogP contribution < -0.4 is 4.57 Å². The van der Waals surface area contributed by atoms with Crippen LogP contribution in [0.15, 0.2) is 24.7 Å². The van der Waals surface area contributed by atoms with Crippen LogP contribution in [0.25, 0.3) is 5.70 Å². The summed E-state index contributed by atoms with van der Waals surface area (Å²) in [6.45, 7) is 6.38. The van der Waals surface area contributed by atoms with E-state index in [0.717, 1.165) is 13.1 Å². The molecule has 90 valence electrons. The minimum Gasteiger partial charge on any atom is -0.369 e. The van der Waals surface area contributed by atoms with Gasteiger partial charge in [0.2, 0.25) is 6.21 Å². The van der Waals surface area contributed by atoms with Crippen molar-refractivity contribution in [2.45, 2.75) is 13.8 Å². The van der Waals surface area contributed by atoms with Gasteiger partial charge in [0.25, 0.3) is 5.70 Å². The second kappa shape index (κ2) is 4.70. The van der Waals surface area contributed by atoms with E-state index in [4.69, 9.17) is 0 Å². The first-order valence-corrected chi connectivity index (χ1v) is 6.02. The molecule has 0 amide bonds. The predicted octanol–water partition coefficient (Wildman–Crippen LogP) is 1.05. The molecule has 2 rings (SSSR count). The number of hydrogen-bond donors (Lipinski definition) is 0. The summed E-state index contributed by atoms with van der Waals surface area (Å²) < 4.78 is 4.43. The topological polar surface area (TPSA) is 10.1 Å². The Morgan fingerprint density at radius 2 is 1.82 bits per heavy atom. The number of aromatic nitrogens is 1. The van der Waals surface area contributed by atoms with Crippen molar-refractivity contribution in [2.75, 3.05) is 27.2 Å². The van der Waals surface area contributed by atoms with Gasteiger partial charge in [-0.3, -0.25) is 0 Å². The Balaban J connectivity index is 2.46. The van der Waals surface area contributed by atoms with Gasteiger partial charge in [-0.25, -0.2) is 4.58 Å². The quantitative estimate of drug-likeness (QED) is 0.657. The Bertz CT molecular complexity index is 466. The Kier molecular flexibility index (Phi) is 3.27. The van der Waals surface area contributed by atoms with Gasteiger partial charge in [0.1, 0.15) is 7.05 Å². The summed E-state index contributed by atoms with van der Waals surface area (Å²) in [6.07, 6.45) is 8.73. The summed E-state index contributed by atoms with van der Waals surface area (Å²) in [7, 11) is 4.24. The third-order valence-corrected chi connectivity index (χ3v) is 2.95. The fraction of sp³-hybridized carbons (Fsp3) is 0.429. The number of hydrogen-bond acceptors (Lipinski definition) is 1. The SMILES string of the molecule is Cc1cc(C)c[n+](C2=CN(C)CC[N+](C)=C2)c1. The van der Waals surface area contributed by atoms with E-state index in [1.165, 1.54) is 16.8 Å². The Hall–Kier alpha value is -1.64. The zero-order valence-corrected chi connectivity index (χ0v) is 11.1. The molecule has 0 unspecified atom stereocenters. The number of allylic oxidation sites excluding steroid dienone is 1. The minimum absolute atomic E-state index is 1.06. The molecule has 0 atom stereocenters. The predicted molar refractivity (Wildman–Crippen MR) is 70.1 cm³/mol. The second-order valence-electron chi connectivity index (χ2n) is 4.94. The van der Waals surface area contributed by atoms with Crippen LogP contribution in [0.5, 0.6) is 0 Å². The fourth-order valence-electron chi connectivity index (χ4n) is 2.12. The first-order chi connectivity index (χ1) is 8.04. The standard InChI is InChI=1S/C14H21N3/c1-12-7-13(2)9-17(8-12)14-10-15(3)5-6-16(4)11-14/h7-11H,5-6H2,1-4H3/q+2. The smallest absolute Gasteiger partial charge is 0.290 e. The highest BCUT2D eigenvalue weighted by molar-refractivity contribution is 5.94.